The van der Waals surface area contributed by atoms with Crippen LogP contribution < -0.4 is 0 Å². The first-order valence-corrected chi connectivity index (χ1v) is 8.04. The number of rotatable bonds is 7. The smallest absolute Gasteiger partial charge is 0.306 e. The van der Waals surface area contributed by atoms with E-state index in [1.807, 2.05) is 0 Å². The van der Waals surface area contributed by atoms with E-state index in [1.165, 1.54) is 0 Å². The van der Waals surface area contributed by atoms with Gasteiger partial charge >= 0.3 is 5.97 Å². The number of carboxylic acid groups (broad SMARTS) is 1. The van der Waals surface area contributed by atoms with Crippen LogP contribution in [0.15, 0.2) is 0 Å². The number of carboxylic acids is 1. The van der Waals surface area contributed by atoms with Gasteiger partial charge in [0.15, 0.2) is 0 Å². The van der Waals surface area contributed by atoms with Crippen LogP contribution >= 0.6 is 0 Å². The molecule has 0 saturated heterocycles. The van der Waals surface area contributed by atoms with Gasteiger partial charge in [-0.05, 0) is 48.3 Å². The lowest BCUT2D eigenvalue weighted by atomic mass is 9.76. The van der Waals surface area contributed by atoms with E-state index in [0.717, 1.165) is 25.7 Å². The summed E-state index contributed by atoms with van der Waals surface area (Å²) in [6.07, 6.45) is 3.96. The second-order valence-electron chi connectivity index (χ2n) is 9.13. The third-order valence-electron chi connectivity index (χ3n) is 3.87. The lowest BCUT2D eigenvalue weighted by molar-refractivity contribution is -0.144. The molecule has 0 aliphatic heterocycles. The first-order chi connectivity index (χ1) is 8.82. The Hall–Kier alpha value is -0.530. The first kappa shape index (κ1) is 19.5. The molecule has 120 valence electrons. The standard InChI is InChI=1S/C18H36O2/c1-13(11-17(3,4)5)9-10-15(16(19)20)14(2)12-18(6,7)8/h13-15H,9-12H2,1-8H3,(H,19,20). The predicted octanol–water partition coefficient (Wildman–Crippen LogP) is 5.61. The largest absolute Gasteiger partial charge is 0.481 e. The van der Waals surface area contributed by atoms with Crippen LogP contribution in [0.1, 0.15) is 81.1 Å². The number of aliphatic carboxylic acids is 1. The number of hydrogen-bond acceptors (Lipinski definition) is 1. The van der Waals surface area contributed by atoms with E-state index < -0.39 is 5.97 Å². The molecule has 0 aromatic rings. The molecule has 0 spiro atoms. The van der Waals surface area contributed by atoms with E-state index >= 15 is 0 Å². The molecule has 0 aliphatic rings. The van der Waals surface area contributed by atoms with E-state index in [0.29, 0.717) is 11.3 Å². The Kier molecular flexibility index (Phi) is 7.27. The van der Waals surface area contributed by atoms with E-state index in [-0.39, 0.29) is 17.3 Å². The van der Waals surface area contributed by atoms with Crippen LogP contribution in [0, 0.1) is 28.6 Å². The summed E-state index contributed by atoms with van der Waals surface area (Å²) in [5.41, 5.74) is 0.527. The van der Waals surface area contributed by atoms with Crippen molar-refractivity contribution in [2.45, 2.75) is 81.1 Å². The summed E-state index contributed by atoms with van der Waals surface area (Å²) in [5.74, 6) is 0.0226. The molecule has 3 unspecified atom stereocenters. The minimum absolute atomic E-state index is 0.198. The van der Waals surface area contributed by atoms with Crippen LogP contribution in [-0.4, -0.2) is 11.1 Å². The average molecular weight is 284 g/mol. The molecular weight excluding hydrogens is 248 g/mol. The molecule has 0 radical (unpaired) electrons. The molecule has 0 amide bonds. The van der Waals surface area contributed by atoms with Crippen molar-refractivity contribution < 1.29 is 9.90 Å². The van der Waals surface area contributed by atoms with Crippen molar-refractivity contribution in [1.82, 2.24) is 0 Å². The molecule has 3 atom stereocenters. The third-order valence-corrected chi connectivity index (χ3v) is 3.87. The van der Waals surface area contributed by atoms with Crippen LogP contribution in [-0.2, 0) is 4.79 Å². The Balaban J connectivity index is 4.46. The van der Waals surface area contributed by atoms with Crippen molar-refractivity contribution in [2.75, 3.05) is 0 Å². The molecule has 2 heteroatoms. The lowest BCUT2D eigenvalue weighted by Crippen LogP contribution is -2.26. The molecular formula is C18H36O2. The van der Waals surface area contributed by atoms with Gasteiger partial charge in [0.1, 0.15) is 0 Å². The maximum Gasteiger partial charge on any atom is 0.306 e. The maximum absolute atomic E-state index is 11.5. The fourth-order valence-electron chi connectivity index (χ4n) is 3.37. The van der Waals surface area contributed by atoms with Crippen molar-refractivity contribution >= 4 is 5.97 Å². The fourth-order valence-corrected chi connectivity index (χ4v) is 3.37. The summed E-state index contributed by atoms with van der Waals surface area (Å²) in [6.45, 7) is 17.7. The van der Waals surface area contributed by atoms with Gasteiger partial charge in [-0.15, -0.1) is 0 Å². The highest BCUT2D eigenvalue weighted by Gasteiger charge is 2.28. The summed E-state index contributed by atoms with van der Waals surface area (Å²) in [5, 5.41) is 9.49. The van der Waals surface area contributed by atoms with Crippen molar-refractivity contribution in [3.8, 4) is 0 Å². The lowest BCUT2D eigenvalue weighted by Gasteiger charge is -2.29. The maximum atomic E-state index is 11.5. The van der Waals surface area contributed by atoms with Gasteiger partial charge in [-0.2, -0.15) is 0 Å². The van der Waals surface area contributed by atoms with Gasteiger partial charge in [0.25, 0.3) is 0 Å². The zero-order valence-electron chi connectivity index (χ0n) is 14.9. The quantitative estimate of drug-likeness (QED) is 0.659. The third kappa shape index (κ3) is 9.39. The van der Waals surface area contributed by atoms with Crippen LogP contribution in [0.4, 0.5) is 0 Å². The Bertz CT molecular complexity index is 294. The Labute approximate surface area is 126 Å². The Morgan fingerprint density at radius 3 is 1.70 bits per heavy atom. The molecule has 0 aromatic heterocycles. The summed E-state index contributed by atoms with van der Waals surface area (Å²) >= 11 is 0. The summed E-state index contributed by atoms with van der Waals surface area (Å²) in [6, 6.07) is 0. The van der Waals surface area contributed by atoms with Gasteiger partial charge in [0, 0.05) is 0 Å². The van der Waals surface area contributed by atoms with E-state index in [4.69, 9.17) is 0 Å². The van der Waals surface area contributed by atoms with Gasteiger partial charge in [-0.25, -0.2) is 0 Å². The normalized spacial score (nSPS) is 17.6. The highest BCUT2D eigenvalue weighted by atomic mass is 16.4. The molecule has 0 fully saturated rings. The molecule has 1 N–H and O–H groups in total. The minimum Gasteiger partial charge on any atom is -0.481 e. The van der Waals surface area contributed by atoms with Crippen LogP contribution in [0.3, 0.4) is 0 Å². The van der Waals surface area contributed by atoms with Crippen molar-refractivity contribution in [3.05, 3.63) is 0 Å². The predicted molar refractivity (Wildman–Crippen MR) is 86.8 cm³/mol. The van der Waals surface area contributed by atoms with Crippen LogP contribution in [0.2, 0.25) is 0 Å². The van der Waals surface area contributed by atoms with Gasteiger partial charge in [-0.1, -0.05) is 55.4 Å². The number of hydrogen-bond donors (Lipinski definition) is 1. The second-order valence-corrected chi connectivity index (χ2v) is 9.13. The van der Waals surface area contributed by atoms with E-state index in [1.54, 1.807) is 0 Å². The van der Waals surface area contributed by atoms with Crippen molar-refractivity contribution in [1.29, 1.82) is 0 Å². The Morgan fingerprint density at radius 1 is 0.900 bits per heavy atom. The fraction of sp³-hybridized carbons (Fsp3) is 0.944. The molecule has 0 bridgehead atoms. The van der Waals surface area contributed by atoms with Crippen LogP contribution in [0.25, 0.3) is 0 Å². The molecule has 0 rings (SSSR count). The molecule has 0 aliphatic carbocycles. The van der Waals surface area contributed by atoms with Gasteiger partial charge in [0.05, 0.1) is 5.92 Å². The summed E-state index contributed by atoms with van der Waals surface area (Å²) in [7, 11) is 0. The van der Waals surface area contributed by atoms with E-state index in [9.17, 15) is 9.90 Å². The van der Waals surface area contributed by atoms with E-state index in [2.05, 4.69) is 55.4 Å². The number of carbonyl (C=O) groups is 1. The zero-order valence-corrected chi connectivity index (χ0v) is 14.9. The molecule has 2 nitrogen and oxygen atoms in total. The van der Waals surface area contributed by atoms with Crippen molar-refractivity contribution in [3.63, 3.8) is 0 Å². The van der Waals surface area contributed by atoms with Gasteiger partial charge < -0.3 is 5.11 Å². The molecule has 0 aromatic carbocycles. The zero-order chi connectivity index (χ0) is 16.1. The monoisotopic (exact) mass is 284 g/mol. The minimum atomic E-state index is -0.621. The summed E-state index contributed by atoms with van der Waals surface area (Å²) < 4.78 is 0. The topological polar surface area (TPSA) is 37.3 Å². The highest BCUT2D eigenvalue weighted by molar-refractivity contribution is 5.70. The van der Waals surface area contributed by atoms with Crippen molar-refractivity contribution in [2.24, 2.45) is 28.6 Å². The molecule has 0 heterocycles. The first-order valence-electron chi connectivity index (χ1n) is 8.04. The van der Waals surface area contributed by atoms with Crippen LogP contribution in [0.5, 0.6) is 0 Å². The summed E-state index contributed by atoms with van der Waals surface area (Å²) in [4.78, 5) is 11.5. The molecule has 20 heavy (non-hydrogen) atoms. The second kappa shape index (κ2) is 7.47. The Morgan fingerprint density at radius 2 is 1.35 bits per heavy atom. The molecule has 0 saturated carbocycles. The average Bonchev–Trinajstić information content (AvgIpc) is 2.10. The van der Waals surface area contributed by atoms with Gasteiger partial charge in [-0.3, -0.25) is 4.79 Å². The van der Waals surface area contributed by atoms with Gasteiger partial charge in [0.2, 0.25) is 0 Å². The SMILES string of the molecule is CC(CCC(C(=O)O)C(C)CC(C)(C)C)CC(C)(C)C. The highest BCUT2D eigenvalue weighted by Crippen LogP contribution is 2.33.